The number of amides is 1. The Morgan fingerprint density at radius 3 is 2.82 bits per heavy atom. The van der Waals surface area contributed by atoms with Crippen molar-refractivity contribution in [2.45, 2.75) is 25.2 Å². The molecule has 144 valence electrons. The van der Waals surface area contributed by atoms with Crippen molar-refractivity contribution in [3.8, 4) is 17.2 Å². The third-order valence-corrected chi connectivity index (χ3v) is 4.18. The minimum Gasteiger partial charge on any atom is -0.497 e. The van der Waals surface area contributed by atoms with E-state index in [4.69, 9.17) is 9.26 Å². The van der Waals surface area contributed by atoms with Crippen LogP contribution in [0.5, 0.6) is 5.75 Å². The molecule has 28 heavy (non-hydrogen) atoms. The van der Waals surface area contributed by atoms with E-state index < -0.39 is 0 Å². The Morgan fingerprint density at radius 2 is 2.07 bits per heavy atom. The molecule has 0 spiro atoms. The van der Waals surface area contributed by atoms with Crippen LogP contribution in [0.4, 0.5) is 4.39 Å². The summed E-state index contributed by atoms with van der Waals surface area (Å²) in [6.07, 6.45) is 1.12. The smallest absolute Gasteiger partial charge is 0.257 e. The molecular weight excluding hydrogens is 360 g/mol. The molecule has 0 unspecified atom stereocenters. The Labute approximate surface area is 163 Å². The van der Waals surface area contributed by atoms with Crippen molar-refractivity contribution < 1.29 is 18.4 Å². The number of nitrogens with zero attached hydrogens (tertiary/aromatic N) is 2. The Kier molecular flexibility index (Phi) is 6.42. The first-order valence-electron chi connectivity index (χ1n) is 9.04. The lowest BCUT2D eigenvalue weighted by Crippen LogP contribution is -2.36. The maximum atomic E-state index is 13.6. The number of rotatable bonds is 8. The van der Waals surface area contributed by atoms with Gasteiger partial charge in [-0.15, -0.1) is 0 Å². The number of methoxy groups -OCH3 is 1. The van der Waals surface area contributed by atoms with Gasteiger partial charge in [0, 0.05) is 30.4 Å². The van der Waals surface area contributed by atoms with Crippen molar-refractivity contribution in [1.29, 1.82) is 0 Å². The second-order valence-electron chi connectivity index (χ2n) is 6.55. The molecule has 0 aliphatic carbocycles. The summed E-state index contributed by atoms with van der Waals surface area (Å²) in [5, 5.41) is 6.82. The van der Waals surface area contributed by atoms with Gasteiger partial charge in [-0.25, -0.2) is 4.39 Å². The normalized spacial score (nSPS) is 11.8. The molecule has 1 atom stereocenters. The minimum atomic E-state index is -0.362. The summed E-state index contributed by atoms with van der Waals surface area (Å²) in [5.41, 5.74) is 1.60. The number of carbonyl (C=O) groups is 1. The summed E-state index contributed by atoms with van der Waals surface area (Å²) in [6, 6.07) is 14.0. The first-order valence-corrected chi connectivity index (χ1v) is 9.04. The molecule has 0 aliphatic rings. The first-order chi connectivity index (χ1) is 13.5. The molecule has 3 rings (SSSR count). The van der Waals surface area contributed by atoms with Crippen molar-refractivity contribution in [2.24, 2.45) is 0 Å². The molecule has 2 aromatic carbocycles. The molecule has 0 fully saturated rings. The van der Waals surface area contributed by atoms with Crippen LogP contribution in [0.15, 0.2) is 53.1 Å². The van der Waals surface area contributed by atoms with Crippen LogP contribution in [0.25, 0.3) is 11.5 Å². The highest BCUT2D eigenvalue weighted by Gasteiger charge is 2.13. The summed E-state index contributed by atoms with van der Waals surface area (Å²) in [4.78, 5) is 16.5. The fourth-order valence-corrected chi connectivity index (χ4v) is 2.89. The largest absolute Gasteiger partial charge is 0.497 e. The van der Waals surface area contributed by atoms with E-state index in [1.165, 1.54) is 19.2 Å². The van der Waals surface area contributed by atoms with E-state index in [-0.39, 0.29) is 24.1 Å². The van der Waals surface area contributed by atoms with Crippen LogP contribution in [0.2, 0.25) is 0 Å². The van der Waals surface area contributed by atoms with Gasteiger partial charge in [-0.05, 0) is 36.2 Å². The SMILES string of the molecule is B[C@H](Cc1cc(F)cc(OC)c1)NC(=O)CCc1noc(-c2ccccc2)n1. The second-order valence-corrected chi connectivity index (χ2v) is 6.55. The Balaban J connectivity index is 1.49. The summed E-state index contributed by atoms with van der Waals surface area (Å²) in [6.45, 7) is 0. The van der Waals surface area contributed by atoms with Crippen molar-refractivity contribution in [2.75, 3.05) is 7.11 Å². The number of hydrogen-bond donors (Lipinski definition) is 1. The molecule has 0 radical (unpaired) electrons. The van der Waals surface area contributed by atoms with Crippen LogP contribution < -0.4 is 10.1 Å². The number of carbonyl (C=O) groups excluding carboxylic acids is 1. The summed E-state index contributed by atoms with van der Waals surface area (Å²) in [7, 11) is 3.36. The predicted octanol–water partition coefficient (Wildman–Crippen LogP) is 2.13. The zero-order valence-electron chi connectivity index (χ0n) is 15.8. The maximum Gasteiger partial charge on any atom is 0.257 e. The quantitative estimate of drug-likeness (QED) is 0.605. The fourth-order valence-electron chi connectivity index (χ4n) is 2.89. The van der Waals surface area contributed by atoms with Gasteiger partial charge in [0.15, 0.2) is 5.82 Å². The van der Waals surface area contributed by atoms with Gasteiger partial charge in [-0.1, -0.05) is 23.4 Å². The number of hydrogen-bond acceptors (Lipinski definition) is 5. The van der Waals surface area contributed by atoms with Gasteiger partial charge < -0.3 is 14.6 Å². The molecule has 0 saturated carbocycles. The van der Waals surface area contributed by atoms with E-state index in [1.54, 1.807) is 6.07 Å². The van der Waals surface area contributed by atoms with E-state index in [0.29, 0.717) is 30.3 Å². The molecule has 0 bridgehead atoms. The number of aryl methyl sites for hydroxylation is 1. The molecule has 8 heteroatoms. The van der Waals surface area contributed by atoms with Crippen LogP contribution in [0.3, 0.4) is 0 Å². The zero-order valence-corrected chi connectivity index (χ0v) is 15.8. The monoisotopic (exact) mass is 381 g/mol. The highest BCUT2D eigenvalue weighted by Crippen LogP contribution is 2.18. The van der Waals surface area contributed by atoms with Gasteiger partial charge in [0.2, 0.25) is 5.91 Å². The summed E-state index contributed by atoms with van der Waals surface area (Å²) in [5.74, 6) is 0.742. The Hall–Kier alpha value is -3.16. The highest BCUT2D eigenvalue weighted by atomic mass is 19.1. The van der Waals surface area contributed by atoms with Crippen molar-refractivity contribution in [1.82, 2.24) is 15.5 Å². The summed E-state index contributed by atoms with van der Waals surface area (Å²) >= 11 is 0. The van der Waals surface area contributed by atoms with Crippen molar-refractivity contribution in [3.05, 3.63) is 65.7 Å². The molecule has 1 aromatic heterocycles. The molecule has 1 N–H and O–H groups in total. The predicted molar refractivity (Wildman–Crippen MR) is 105 cm³/mol. The van der Waals surface area contributed by atoms with Crippen LogP contribution in [0, 0.1) is 5.82 Å². The molecule has 6 nitrogen and oxygen atoms in total. The van der Waals surface area contributed by atoms with E-state index in [0.717, 1.165) is 11.1 Å². The Morgan fingerprint density at radius 1 is 1.29 bits per heavy atom. The lowest BCUT2D eigenvalue weighted by atomic mass is 9.89. The van der Waals surface area contributed by atoms with Crippen LogP contribution in [-0.2, 0) is 17.6 Å². The lowest BCUT2D eigenvalue weighted by Gasteiger charge is -2.14. The number of nitrogens with one attached hydrogen (secondary N) is 1. The lowest BCUT2D eigenvalue weighted by molar-refractivity contribution is -0.121. The second kappa shape index (κ2) is 9.17. The van der Waals surface area contributed by atoms with Gasteiger partial charge in [-0.2, -0.15) is 4.98 Å². The van der Waals surface area contributed by atoms with Crippen LogP contribution in [-0.4, -0.2) is 36.9 Å². The third kappa shape index (κ3) is 5.42. The van der Waals surface area contributed by atoms with Gasteiger partial charge in [-0.3, -0.25) is 4.79 Å². The topological polar surface area (TPSA) is 77.2 Å². The van der Waals surface area contributed by atoms with E-state index in [9.17, 15) is 9.18 Å². The third-order valence-electron chi connectivity index (χ3n) is 4.18. The van der Waals surface area contributed by atoms with E-state index in [2.05, 4.69) is 15.5 Å². The number of ether oxygens (including phenoxy) is 1. The van der Waals surface area contributed by atoms with Gasteiger partial charge in [0.05, 0.1) is 7.11 Å². The fraction of sp³-hybridized carbons (Fsp3) is 0.250. The highest BCUT2D eigenvalue weighted by molar-refractivity contribution is 6.13. The average molecular weight is 381 g/mol. The van der Waals surface area contributed by atoms with Gasteiger partial charge in [0.25, 0.3) is 5.89 Å². The minimum absolute atomic E-state index is 0.123. The number of halogens is 1. The molecule has 1 amide bonds. The molecular formula is C20H21BFN3O3. The molecule has 1 heterocycles. The van der Waals surface area contributed by atoms with E-state index >= 15 is 0 Å². The maximum absolute atomic E-state index is 13.6. The standard InChI is InChI=1S/C20H21BFN3O3/c1-27-16-10-13(9-15(22)12-16)11-17(21)23-19(26)8-7-18-24-20(28-25-18)14-5-3-2-4-6-14/h2-6,9-10,12,17H,7-8,11,21H2,1H3,(H,23,26)/t17-/m0/s1. The molecule has 3 aromatic rings. The van der Waals surface area contributed by atoms with Gasteiger partial charge in [0.1, 0.15) is 19.4 Å². The van der Waals surface area contributed by atoms with Gasteiger partial charge >= 0.3 is 0 Å². The van der Waals surface area contributed by atoms with Crippen molar-refractivity contribution >= 4 is 13.8 Å². The summed E-state index contributed by atoms with van der Waals surface area (Å²) < 4.78 is 23.9. The average Bonchev–Trinajstić information content (AvgIpc) is 3.15. The Bertz CT molecular complexity index is 933. The number of benzene rings is 2. The van der Waals surface area contributed by atoms with Crippen molar-refractivity contribution in [3.63, 3.8) is 0 Å². The van der Waals surface area contributed by atoms with Crippen LogP contribution >= 0.6 is 0 Å². The number of aromatic nitrogens is 2. The molecule has 0 aliphatic heterocycles. The van der Waals surface area contributed by atoms with Crippen LogP contribution in [0.1, 0.15) is 17.8 Å². The zero-order chi connectivity index (χ0) is 19.9. The van der Waals surface area contributed by atoms with E-state index in [1.807, 2.05) is 38.2 Å². The molecule has 0 saturated heterocycles. The first kappa shape index (κ1) is 19.6.